The first-order valence-electron chi connectivity index (χ1n) is 8.45. The number of carbonyl (C=O) groups excluding carboxylic acids is 1. The molecule has 1 heterocycles. The number of carbonyl (C=O) groups is 1. The highest BCUT2D eigenvalue weighted by Gasteiger charge is 2.48. The van der Waals surface area contributed by atoms with Crippen molar-refractivity contribution in [3.8, 4) is 0 Å². The Balaban J connectivity index is 0.000000477. The summed E-state index contributed by atoms with van der Waals surface area (Å²) in [5, 5.41) is 2.16. The molecule has 0 aromatic heterocycles. The number of hydrogen-bond acceptors (Lipinski definition) is 1. The average molecular weight is 432 g/mol. The molecule has 0 saturated carbocycles. The van der Waals surface area contributed by atoms with Crippen molar-refractivity contribution in [2.75, 3.05) is 11.9 Å². The molecule has 9 heteroatoms. The Hall–Kier alpha value is -2.97. The Bertz CT molecular complexity index is 885. The smallest absolute Gasteiger partial charge is 0.307 e. The van der Waals surface area contributed by atoms with E-state index >= 15 is 0 Å². The van der Waals surface area contributed by atoms with Gasteiger partial charge in [0.25, 0.3) is 0 Å². The Labute approximate surface area is 171 Å². The molecule has 0 fully saturated rings. The number of anilines is 1. The zero-order chi connectivity index (χ0) is 21.8. The van der Waals surface area contributed by atoms with E-state index in [0.717, 1.165) is 12.1 Å². The fourth-order valence-electron chi connectivity index (χ4n) is 3.06. The van der Waals surface area contributed by atoms with Crippen LogP contribution in [0.15, 0.2) is 55.1 Å². The average Bonchev–Trinajstić information content (AvgIpc) is 2.62. The maximum Gasteiger partial charge on any atom is 0.406 e. The second kappa shape index (κ2) is 9.69. The molecule has 164 valence electrons. The van der Waals surface area contributed by atoms with Gasteiger partial charge in [0.1, 0.15) is 12.4 Å². The fraction of sp³-hybridized carbons (Fsp3) is 0.286. The Morgan fingerprint density at radius 2 is 1.70 bits per heavy atom. The van der Waals surface area contributed by atoms with Gasteiger partial charge in [0.2, 0.25) is 0 Å². The van der Waals surface area contributed by atoms with Crippen molar-refractivity contribution < 1.29 is 31.1 Å². The minimum atomic E-state index is -4.68. The molecule has 2 aromatic rings. The number of benzene rings is 2. The lowest BCUT2D eigenvalue weighted by molar-refractivity contribution is -0.150. The lowest BCUT2D eigenvalue weighted by atomic mass is 9.83. The predicted octanol–water partition coefficient (Wildman–Crippen LogP) is 6.63. The summed E-state index contributed by atoms with van der Waals surface area (Å²) in [4.78, 5) is 12.4. The van der Waals surface area contributed by atoms with E-state index in [9.17, 15) is 31.1 Å². The molecule has 3 rings (SSSR count). The van der Waals surface area contributed by atoms with E-state index in [1.807, 2.05) is 0 Å². The third kappa shape index (κ3) is 5.55. The van der Waals surface area contributed by atoms with Crippen LogP contribution in [0.2, 0.25) is 0 Å². The molecule has 2 aromatic carbocycles. The molecule has 1 aliphatic rings. The topological polar surface area (TPSA) is 32.3 Å². The Morgan fingerprint density at radius 3 is 2.17 bits per heavy atom. The summed E-state index contributed by atoms with van der Waals surface area (Å²) in [6.07, 6.45) is -3.58. The molecule has 0 saturated heterocycles. The fourth-order valence-corrected chi connectivity index (χ4v) is 3.06. The lowest BCUT2D eigenvalue weighted by Gasteiger charge is -2.45. The zero-order valence-corrected chi connectivity index (χ0v) is 15.4. The second-order valence-electron chi connectivity index (χ2n) is 6.48. The number of alkyl halides is 3. The van der Waals surface area contributed by atoms with Crippen LogP contribution in [0.1, 0.15) is 26.3 Å². The van der Waals surface area contributed by atoms with Crippen molar-refractivity contribution in [2.45, 2.75) is 32.5 Å². The zero-order valence-electron chi connectivity index (χ0n) is 15.4. The summed E-state index contributed by atoms with van der Waals surface area (Å²) in [5.74, 6) is -2.66. The van der Waals surface area contributed by atoms with Crippen LogP contribution >= 0.6 is 0 Å². The van der Waals surface area contributed by atoms with Crippen LogP contribution in [0, 0.1) is 17.5 Å². The number of hydrogen-bond donors (Lipinski definition) is 1. The van der Waals surface area contributed by atoms with E-state index in [4.69, 9.17) is 0 Å². The van der Waals surface area contributed by atoms with Gasteiger partial charge in [-0.25, -0.2) is 18.0 Å². The quantitative estimate of drug-likeness (QED) is 0.429. The monoisotopic (exact) mass is 432 g/mol. The van der Waals surface area contributed by atoms with Crippen LogP contribution < -0.4 is 5.32 Å². The summed E-state index contributed by atoms with van der Waals surface area (Å²) in [7, 11) is 0. The van der Waals surface area contributed by atoms with Crippen molar-refractivity contribution in [2.24, 2.45) is 0 Å². The summed E-state index contributed by atoms with van der Waals surface area (Å²) < 4.78 is 77.8. The molecule has 1 atom stereocenters. The van der Waals surface area contributed by atoms with Gasteiger partial charge in [0.15, 0.2) is 11.6 Å². The predicted molar refractivity (Wildman–Crippen MR) is 103 cm³/mol. The molecule has 0 bridgehead atoms. The highest BCUT2D eigenvalue weighted by Crippen LogP contribution is 2.43. The number of urea groups is 1. The number of nitrogens with zero attached hydrogens (tertiary/aromatic N) is 1. The van der Waals surface area contributed by atoms with Gasteiger partial charge in [0.05, 0.1) is 11.2 Å². The van der Waals surface area contributed by atoms with Gasteiger partial charge < -0.3 is 10.2 Å². The highest BCUT2D eigenvalue weighted by molar-refractivity contribution is 5.94. The molecule has 30 heavy (non-hydrogen) atoms. The molecular formula is C21H22F6N2O. The number of halogens is 6. The van der Waals surface area contributed by atoms with E-state index in [0.29, 0.717) is 4.90 Å². The standard InChI is InChI=1S/C14H13F5N2O.C6H5F.CH4/c1-3-6-13(2)10-9(5-4-8(15)11(10)16)20-12(22)21(13)7-14(17,18)19;7-6-4-2-1-3-5-6;/h3-5H,1,6-7H2,2H3,(H,20,22);1-5H;1H4. The summed E-state index contributed by atoms with van der Waals surface area (Å²) in [6.45, 7) is 3.09. The van der Waals surface area contributed by atoms with E-state index in [1.165, 1.54) is 25.1 Å². The number of rotatable bonds is 3. The van der Waals surface area contributed by atoms with E-state index in [2.05, 4.69) is 11.9 Å². The maximum atomic E-state index is 14.2. The van der Waals surface area contributed by atoms with Crippen molar-refractivity contribution in [3.05, 3.63) is 78.1 Å². The van der Waals surface area contributed by atoms with Crippen LogP contribution in [0.4, 0.5) is 36.8 Å². The van der Waals surface area contributed by atoms with Crippen LogP contribution in [-0.4, -0.2) is 23.7 Å². The molecule has 2 amide bonds. The first-order chi connectivity index (χ1) is 13.5. The first-order valence-corrected chi connectivity index (χ1v) is 8.45. The van der Waals surface area contributed by atoms with E-state index in [-0.39, 0.29) is 30.9 Å². The Kier molecular flexibility index (Phi) is 8.09. The van der Waals surface area contributed by atoms with Gasteiger partial charge in [-0.15, -0.1) is 6.58 Å². The van der Waals surface area contributed by atoms with Gasteiger partial charge in [-0.05, 0) is 37.6 Å². The second-order valence-corrected chi connectivity index (χ2v) is 6.48. The van der Waals surface area contributed by atoms with Gasteiger partial charge in [0, 0.05) is 5.56 Å². The van der Waals surface area contributed by atoms with Crippen LogP contribution in [0.25, 0.3) is 0 Å². The maximum absolute atomic E-state index is 14.2. The van der Waals surface area contributed by atoms with E-state index < -0.39 is 35.9 Å². The van der Waals surface area contributed by atoms with Crippen molar-refractivity contribution in [3.63, 3.8) is 0 Å². The molecule has 3 nitrogen and oxygen atoms in total. The van der Waals surface area contributed by atoms with Crippen molar-refractivity contribution >= 4 is 11.7 Å². The summed E-state index contributed by atoms with van der Waals surface area (Å²) >= 11 is 0. The first kappa shape index (κ1) is 25.1. The van der Waals surface area contributed by atoms with Crippen molar-refractivity contribution in [1.82, 2.24) is 4.90 Å². The van der Waals surface area contributed by atoms with Gasteiger partial charge in [-0.3, -0.25) is 0 Å². The Morgan fingerprint density at radius 1 is 1.10 bits per heavy atom. The molecule has 1 aliphatic heterocycles. The minimum Gasteiger partial charge on any atom is -0.307 e. The van der Waals surface area contributed by atoms with Gasteiger partial charge in [-0.1, -0.05) is 31.7 Å². The lowest BCUT2D eigenvalue weighted by Crippen LogP contribution is -2.56. The minimum absolute atomic E-state index is 0. The molecule has 0 aliphatic carbocycles. The van der Waals surface area contributed by atoms with Gasteiger partial charge in [-0.2, -0.15) is 13.2 Å². The van der Waals surface area contributed by atoms with Crippen LogP contribution in [-0.2, 0) is 5.54 Å². The molecule has 1 N–H and O–H groups in total. The molecular weight excluding hydrogens is 410 g/mol. The summed E-state index contributed by atoms with van der Waals surface area (Å²) in [5.41, 5.74) is -2.07. The highest BCUT2D eigenvalue weighted by atomic mass is 19.4. The van der Waals surface area contributed by atoms with Crippen LogP contribution in [0.5, 0.6) is 0 Å². The largest absolute Gasteiger partial charge is 0.406 e. The molecule has 0 radical (unpaired) electrons. The summed E-state index contributed by atoms with van der Waals surface area (Å²) in [6, 6.07) is 8.84. The molecule has 0 spiro atoms. The number of nitrogens with one attached hydrogen (secondary N) is 1. The number of amides is 2. The van der Waals surface area contributed by atoms with Crippen LogP contribution in [0.3, 0.4) is 0 Å². The van der Waals surface area contributed by atoms with Gasteiger partial charge >= 0.3 is 12.2 Å². The molecule has 1 unspecified atom stereocenters. The normalized spacial score (nSPS) is 17.7. The third-order valence-corrected chi connectivity index (χ3v) is 4.33. The third-order valence-electron chi connectivity index (χ3n) is 4.33. The van der Waals surface area contributed by atoms with Crippen molar-refractivity contribution in [1.29, 1.82) is 0 Å². The van der Waals surface area contributed by atoms with E-state index in [1.54, 1.807) is 18.2 Å². The SMILES string of the molecule is C.C=CCC1(C)c2c(ccc(F)c2F)NC(=O)N1CC(F)(F)F.Fc1ccccc1. The number of fused-ring (bicyclic) bond motifs is 1.